The summed E-state index contributed by atoms with van der Waals surface area (Å²) in [5.41, 5.74) is -1.70. The molecule has 21 heavy (non-hydrogen) atoms. The normalized spacial score (nSPS) is 27.7. The van der Waals surface area contributed by atoms with Crippen LogP contribution in [0.4, 0.5) is 0 Å². The van der Waals surface area contributed by atoms with E-state index in [9.17, 15) is 9.59 Å². The van der Waals surface area contributed by atoms with Crippen LogP contribution in [-0.2, 0) is 14.3 Å². The number of hydrogen-bond donors (Lipinski definition) is 0. The number of carbonyl (C=O) groups excluding carboxylic acids is 2. The monoisotopic (exact) mass is 354 g/mol. The topological polar surface area (TPSA) is 56.5 Å². The predicted octanol–water partition coefficient (Wildman–Crippen LogP) is 4.19. The lowest BCUT2D eigenvalue weighted by molar-refractivity contribution is -0.194. The average molecular weight is 355 g/mol. The third-order valence-corrected chi connectivity index (χ3v) is 5.28. The van der Waals surface area contributed by atoms with Gasteiger partial charge < -0.3 is 9.15 Å². The van der Waals surface area contributed by atoms with Gasteiger partial charge in [-0.05, 0) is 54.8 Å². The van der Waals surface area contributed by atoms with Crippen molar-refractivity contribution in [2.75, 3.05) is 0 Å². The van der Waals surface area contributed by atoms with Gasteiger partial charge in [-0.1, -0.05) is 19.3 Å². The minimum Gasteiger partial charge on any atom is -0.452 e. The lowest BCUT2D eigenvalue weighted by Crippen LogP contribution is -2.55. The predicted molar refractivity (Wildman–Crippen MR) is 79.5 cm³/mol. The Kier molecular flexibility index (Phi) is 3.51. The first-order valence-electron chi connectivity index (χ1n) is 7.39. The van der Waals surface area contributed by atoms with E-state index in [2.05, 4.69) is 15.9 Å². The number of esters is 1. The van der Waals surface area contributed by atoms with Crippen LogP contribution in [0.15, 0.2) is 21.2 Å². The number of rotatable bonds is 1. The Morgan fingerprint density at radius 2 is 1.81 bits per heavy atom. The molecule has 2 heterocycles. The van der Waals surface area contributed by atoms with Gasteiger partial charge in [0.2, 0.25) is 0 Å². The summed E-state index contributed by atoms with van der Waals surface area (Å²) in [6.07, 6.45) is 4.00. The van der Waals surface area contributed by atoms with Gasteiger partial charge in [0.15, 0.2) is 16.6 Å². The number of ketones is 1. The molecule has 1 saturated carbocycles. The van der Waals surface area contributed by atoms with Gasteiger partial charge in [0.05, 0.1) is 5.41 Å². The van der Waals surface area contributed by atoms with E-state index < -0.39 is 22.9 Å². The quantitative estimate of drug-likeness (QED) is 0.560. The highest BCUT2D eigenvalue weighted by molar-refractivity contribution is 9.10. The van der Waals surface area contributed by atoms with Crippen LogP contribution in [-0.4, -0.2) is 11.8 Å². The molecule has 1 aromatic rings. The molecule has 0 aromatic carbocycles. The Hall–Kier alpha value is -1.10. The molecular weight excluding hydrogens is 336 g/mol. The van der Waals surface area contributed by atoms with Crippen molar-refractivity contribution in [3.8, 4) is 0 Å². The highest BCUT2D eigenvalue weighted by Crippen LogP contribution is 2.55. The van der Waals surface area contributed by atoms with Crippen LogP contribution in [0.25, 0.3) is 0 Å². The number of cyclic esters (lactones) is 1. The Labute approximate surface area is 132 Å². The van der Waals surface area contributed by atoms with Crippen molar-refractivity contribution in [1.82, 2.24) is 0 Å². The first-order chi connectivity index (χ1) is 9.88. The second kappa shape index (κ2) is 4.97. The summed E-state index contributed by atoms with van der Waals surface area (Å²) in [5.74, 6) is 0.102. The molecule has 0 N–H and O–H groups in total. The highest BCUT2D eigenvalue weighted by Gasteiger charge is 2.61. The van der Waals surface area contributed by atoms with Gasteiger partial charge in [-0.3, -0.25) is 9.59 Å². The molecule has 0 unspecified atom stereocenters. The Morgan fingerprint density at radius 3 is 2.38 bits per heavy atom. The van der Waals surface area contributed by atoms with E-state index in [4.69, 9.17) is 9.15 Å². The van der Waals surface area contributed by atoms with E-state index in [0.717, 1.165) is 32.1 Å². The largest absolute Gasteiger partial charge is 0.452 e. The molecular formula is C16H19BrO4. The molecule has 1 aliphatic heterocycles. The molecule has 1 aliphatic carbocycles. The summed E-state index contributed by atoms with van der Waals surface area (Å²) >= 11 is 3.27. The highest BCUT2D eigenvalue weighted by atomic mass is 79.9. The third kappa shape index (κ3) is 2.17. The van der Waals surface area contributed by atoms with E-state index >= 15 is 0 Å². The van der Waals surface area contributed by atoms with E-state index in [1.165, 1.54) is 0 Å². The molecule has 0 radical (unpaired) electrons. The zero-order chi connectivity index (χ0) is 15.3. The van der Waals surface area contributed by atoms with Crippen molar-refractivity contribution >= 4 is 27.7 Å². The minimum atomic E-state index is -1.07. The molecule has 1 spiro atoms. The van der Waals surface area contributed by atoms with Crippen molar-refractivity contribution in [2.24, 2.45) is 10.8 Å². The fourth-order valence-electron chi connectivity index (χ4n) is 3.67. The molecule has 3 rings (SSSR count). The van der Waals surface area contributed by atoms with Gasteiger partial charge >= 0.3 is 5.97 Å². The molecule has 0 amide bonds. The second-order valence-corrected chi connectivity index (χ2v) is 7.38. The summed E-state index contributed by atoms with van der Waals surface area (Å²) in [4.78, 5) is 25.3. The van der Waals surface area contributed by atoms with E-state index in [-0.39, 0.29) is 5.78 Å². The van der Waals surface area contributed by atoms with E-state index in [1.807, 2.05) is 0 Å². The fourth-order valence-corrected chi connectivity index (χ4v) is 3.99. The summed E-state index contributed by atoms with van der Waals surface area (Å²) < 4.78 is 11.9. The zero-order valence-electron chi connectivity index (χ0n) is 12.3. The maximum absolute atomic E-state index is 13.1. The minimum absolute atomic E-state index is 0.00322. The van der Waals surface area contributed by atoms with Crippen LogP contribution in [0.5, 0.6) is 0 Å². The lowest BCUT2D eigenvalue weighted by Gasteiger charge is -2.48. The summed E-state index contributed by atoms with van der Waals surface area (Å²) in [6, 6.07) is 3.55. The first kappa shape index (κ1) is 14.8. The molecule has 2 aliphatic rings. The van der Waals surface area contributed by atoms with Crippen molar-refractivity contribution in [3.05, 3.63) is 22.6 Å². The molecule has 114 valence electrons. The Balaban J connectivity index is 2.08. The number of furan rings is 1. The summed E-state index contributed by atoms with van der Waals surface area (Å²) in [6.45, 7) is 3.34. The van der Waals surface area contributed by atoms with Crippen molar-refractivity contribution < 1.29 is 18.7 Å². The number of ether oxygens (including phenoxy) is 1. The third-order valence-electron chi connectivity index (χ3n) is 4.86. The van der Waals surface area contributed by atoms with Gasteiger partial charge in [0, 0.05) is 0 Å². The number of hydrogen-bond acceptors (Lipinski definition) is 4. The van der Waals surface area contributed by atoms with Crippen molar-refractivity contribution in [1.29, 1.82) is 0 Å². The van der Waals surface area contributed by atoms with Crippen molar-refractivity contribution in [3.63, 3.8) is 0 Å². The van der Waals surface area contributed by atoms with E-state index in [0.29, 0.717) is 10.4 Å². The lowest BCUT2D eigenvalue weighted by atomic mass is 9.59. The van der Waals surface area contributed by atoms with Gasteiger partial charge in [0.25, 0.3) is 0 Å². The molecule has 1 saturated heterocycles. The summed E-state index contributed by atoms with van der Waals surface area (Å²) in [7, 11) is 0. The average Bonchev–Trinajstić information content (AvgIpc) is 2.89. The molecule has 1 atom stereocenters. The maximum Gasteiger partial charge on any atom is 0.319 e. The van der Waals surface area contributed by atoms with Crippen molar-refractivity contribution in [2.45, 2.75) is 52.1 Å². The van der Waals surface area contributed by atoms with Gasteiger partial charge in [0.1, 0.15) is 11.2 Å². The molecule has 1 aromatic heterocycles. The van der Waals surface area contributed by atoms with Crippen LogP contribution < -0.4 is 0 Å². The summed E-state index contributed by atoms with van der Waals surface area (Å²) in [5, 5.41) is 0. The van der Waals surface area contributed by atoms with Crippen LogP contribution in [0, 0.1) is 10.8 Å². The van der Waals surface area contributed by atoms with Crippen LogP contribution in [0.1, 0.15) is 57.8 Å². The Bertz CT molecular complexity index is 581. The van der Waals surface area contributed by atoms with Gasteiger partial charge in [-0.25, -0.2) is 0 Å². The number of Topliss-reactive ketones (excluding diaryl/α,β-unsaturated/α-hetero) is 1. The van der Waals surface area contributed by atoms with E-state index in [1.54, 1.807) is 26.0 Å². The standard InChI is InChI=1S/C16H19BrO4/c1-15(2)13(18)16(8-4-3-5-9-16)12(21-14(15)19)10-6-7-11(17)20-10/h6-7,12H,3-5,8-9H2,1-2H3/t12-/m1/s1. The van der Waals surface area contributed by atoms with Crippen LogP contribution >= 0.6 is 15.9 Å². The zero-order valence-corrected chi connectivity index (χ0v) is 13.9. The second-order valence-electron chi connectivity index (χ2n) is 6.60. The number of halogens is 1. The maximum atomic E-state index is 13.1. The molecule has 5 heteroatoms. The SMILES string of the molecule is CC1(C)C(=O)O[C@H](c2ccc(Br)o2)C2(CCCCC2)C1=O. The van der Waals surface area contributed by atoms with Crippen LogP contribution in [0.3, 0.4) is 0 Å². The fraction of sp³-hybridized carbons (Fsp3) is 0.625. The smallest absolute Gasteiger partial charge is 0.319 e. The molecule has 4 nitrogen and oxygen atoms in total. The van der Waals surface area contributed by atoms with Crippen LogP contribution in [0.2, 0.25) is 0 Å². The first-order valence-corrected chi connectivity index (χ1v) is 8.18. The van der Waals surface area contributed by atoms with Gasteiger partial charge in [-0.15, -0.1) is 0 Å². The molecule has 2 fully saturated rings. The van der Waals surface area contributed by atoms with Gasteiger partial charge in [-0.2, -0.15) is 0 Å². The molecule has 0 bridgehead atoms. The Morgan fingerprint density at radius 1 is 1.14 bits per heavy atom. The number of carbonyl (C=O) groups is 2.